The van der Waals surface area contributed by atoms with Gasteiger partial charge in [-0.1, -0.05) is 20.8 Å². The molecule has 94 valence electrons. The van der Waals surface area contributed by atoms with E-state index in [2.05, 4.69) is 5.32 Å². The molecule has 4 N–H and O–H groups in total. The Balaban J connectivity index is 4.52. The van der Waals surface area contributed by atoms with Crippen LogP contribution in [0.3, 0.4) is 0 Å². The van der Waals surface area contributed by atoms with Crippen molar-refractivity contribution in [1.82, 2.24) is 5.32 Å². The second-order valence-electron chi connectivity index (χ2n) is 4.19. The normalized spacial score (nSPS) is 13.2. The third-order valence-electron chi connectivity index (χ3n) is 2.93. The number of nitrogens with two attached hydrogens (primary N) is 1. The average molecular weight is 230 g/mol. The molecule has 0 bridgehead atoms. The zero-order chi connectivity index (χ0) is 12.8. The first kappa shape index (κ1) is 14.9. The fraction of sp³-hybridized carbons (Fsp3) is 0.818. The highest BCUT2D eigenvalue weighted by Crippen LogP contribution is 2.16. The van der Waals surface area contributed by atoms with E-state index in [9.17, 15) is 9.59 Å². The maximum Gasteiger partial charge on any atom is 0.329 e. The van der Waals surface area contributed by atoms with Crippen LogP contribution in [-0.4, -0.2) is 29.1 Å². The Kier molecular flexibility index (Phi) is 6.03. The van der Waals surface area contributed by atoms with E-state index in [1.54, 1.807) is 13.8 Å². The van der Waals surface area contributed by atoms with Gasteiger partial charge in [0, 0.05) is 6.42 Å². The van der Waals surface area contributed by atoms with E-state index in [4.69, 9.17) is 10.8 Å². The van der Waals surface area contributed by atoms with Gasteiger partial charge in [0.15, 0.2) is 0 Å². The molecule has 1 amide bonds. The summed E-state index contributed by atoms with van der Waals surface area (Å²) in [5.41, 5.74) is 4.28. The molecule has 1 unspecified atom stereocenters. The second-order valence-corrected chi connectivity index (χ2v) is 4.19. The smallest absolute Gasteiger partial charge is 0.329 e. The fourth-order valence-corrected chi connectivity index (χ4v) is 1.50. The Labute approximate surface area is 96.4 Å². The van der Waals surface area contributed by atoms with Crippen molar-refractivity contribution in [3.05, 3.63) is 0 Å². The van der Waals surface area contributed by atoms with E-state index in [1.807, 2.05) is 6.92 Å². The van der Waals surface area contributed by atoms with Crippen LogP contribution in [0.1, 0.15) is 40.0 Å². The summed E-state index contributed by atoms with van der Waals surface area (Å²) < 4.78 is 0. The fourth-order valence-electron chi connectivity index (χ4n) is 1.50. The lowest BCUT2D eigenvalue weighted by atomic mass is 9.92. The van der Waals surface area contributed by atoms with Gasteiger partial charge in [-0.25, -0.2) is 4.79 Å². The minimum atomic E-state index is -1.13. The van der Waals surface area contributed by atoms with Crippen LogP contribution in [0.15, 0.2) is 0 Å². The third kappa shape index (κ3) is 3.81. The van der Waals surface area contributed by atoms with Crippen LogP contribution in [0.2, 0.25) is 0 Å². The molecule has 0 radical (unpaired) electrons. The van der Waals surface area contributed by atoms with Gasteiger partial charge in [0.2, 0.25) is 5.91 Å². The lowest BCUT2D eigenvalue weighted by Gasteiger charge is -2.28. The molecule has 5 heteroatoms. The molecule has 0 aromatic carbocycles. The third-order valence-corrected chi connectivity index (χ3v) is 2.93. The average Bonchev–Trinajstić information content (AvgIpc) is 2.25. The molecule has 0 rings (SSSR count). The van der Waals surface area contributed by atoms with E-state index in [-0.39, 0.29) is 18.2 Å². The molecule has 0 saturated carbocycles. The summed E-state index contributed by atoms with van der Waals surface area (Å²) in [5.74, 6) is -1.16. The highest BCUT2D eigenvalue weighted by Gasteiger charge is 2.36. The van der Waals surface area contributed by atoms with E-state index >= 15 is 0 Å². The van der Waals surface area contributed by atoms with Crippen molar-refractivity contribution in [3.8, 4) is 0 Å². The largest absolute Gasteiger partial charge is 0.480 e. The van der Waals surface area contributed by atoms with E-state index in [0.29, 0.717) is 19.4 Å². The number of carbonyl (C=O) groups is 2. The first-order valence-electron chi connectivity index (χ1n) is 5.66. The predicted molar refractivity (Wildman–Crippen MR) is 61.9 cm³/mol. The van der Waals surface area contributed by atoms with Gasteiger partial charge in [0.1, 0.15) is 5.54 Å². The second kappa shape index (κ2) is 6.48. The number of amides is 1. The molecular formula is C11H22N2O3. The topological polar surface area (TPSA) is 92.4 Å². The molecule has 16 heavy (non-hydrogen) atoms. The van der Waals surface area contributed by atoms with Crippen LogP contribution < -0.4 is 11.1 Å². The van der Waals surface area contributed by atoms with Crippen LogP contribution in [0.25, 0.3) is 0 Å². The van der Waals surface area contributed by atoms with Gasteiger partial charge in [-0.05, 0) is 25.3 Å². The number of rotatable bonds is 7. The lowest BCUT2D eigenvalue weighted by Crippen LogP contribution is -2.54. The lowest BCUT2D eigenvalue weighted by molar-refractivity contribution is -0.148. The number of carboxylic acids is 1. The van der Waals surface area contributed by atoms with Crippen LogP contribution in [0, 0.1) is 5.92 Å². The van der Waals surface area contributed by atoms with E-state index < -0.39 is 11.5 Å². The SMILES string of the molecule is CCC(CC)(NC(=O)CC(C)CN)C(=O)O. The zero-order valence-corrected chi connectivity index (χ0v) is 10.2. The Morgan fingerprint density at radius 3 is 2.19 bits per heavy atom. The first-order valence-corrected chi connectivity index (χ1v) is 5.66. The van der Waals surface area contributed by atoms with Crippen molar-refractivity contribution >= 4 is 11.9 Å². The highest BCUT2D eigenvalue weighted by molar-refractivity contribution is 5.87. The van der Waals surface area contributed by atoms with Crippen LogP contribution >= 0.6 is 0 Å². The van der Waals surface area contributed by atoms with Crippen molar-refractivity contribution in [2.75, 3.05) is 6.54 Å². The molecule has 0 spiro atoms. The summed E-state index contributed by atoms with van der Waals surface area (Å²) in [5, 5.41) is 11.7. The molecule has 0 fully saturated rings. The first-order chi connectivity index (χ1) is 7.41. The Bertz CT molecular complexity index is 250. The van der Waals surface area contributed by atoms with Gasteiger partial charge in [-0.3, -0.25) is 4.79 Å². The molecular weight excluding hydrogens is 208 g/mol. The summed E-state index contributed by atoms with van der Waals surface area (Å²) in [4.78, 5) is 22.8. The number of hydrogen-bond donors (Lipinski definition) is 3. The van der Waals surface area contributed by atoms with Crippen molar-refractivity contribution in [2.24, 2.45) is 11.7 Å². The molecule has 5 nitrogen and oxygen atoms in total. The van der Waals surface area contributed by atoms with Gasteiger partial charge >= 0.3 is 5.97 Å². The molecule has 0 heterocycles. The van der Waals surface area contributed by atoms with Gasteiger partial charge in [0.05, 0.1) is 0 Å². The van der Waals surface area contributed by atoms with Crippen LogP contribution in [0.5, 0.6) is 0 Å². The summed E-state index contributed by atoms with van der Waals surface area (Å²) in [6.07, 6.45) is 1.02. The van der Waals surface area contributed by atoms with Crippen molar-refractivity contribution in [2.45, 2.75) is 45.6 Å². The van der Waals surface area contributed by atoms with E-state index in [1.165, 1.54) is 0 Å². The number of carboxylic acid groups (broad SMARTS) is 1. The van der Waals surface area contributed by atoms with Crippen LogP contribution in [-0.2, 0) is 9.59 Å². The Morgan fingerprint density at radius 2 is 1.88 bits per heavy atom. The quantitative estimate of drug-likeness (QED) is 0.601. The van der Waals surface area contributed by atoms with Gasteiger partial charge in [-0.2, -0.15) is 0 Å². The zero-order valence-electron chi connectivity index (χ0n) is 10.2. The summed E-state index contributed by atoms with van der Waals surface area (Å²) in [6.45, 7) is 5.79. The maximum atomic E-state index is 11.6. The molecule has 0 aliphatic carbocycles. The summed E-state index contributed by atoms with van der Waals surface area (Å²) >= 11 is 0. The Hall–Kier alpha value is -1.10. The molecule has 0 aliphatic rings. The standard InChI is InChI=1S/C11H22N2O3/c1-4-11(5-2,10(15)16)13-9(14)6-8(3)7-12/h8H,4-7,12H2,1-3H3,(H,13,14)(H,15,16). The van der Waals surface area contributed by atoms with Gasteiger partial charge in [0.25, 0.3) is 0 Å². The van der Waals surface area contributed by atoms with Crippen LogP contribution in [0.4, 0.5) is 0 Å². The molecule has 0 aromatic rings. The minimum Gasteiger partial charge on any atom is -0.480 e. The van der Waals surface area contributed by atoms with Crippen molar-refractivity contribution in [3.63, 3.8) is 0 Å². The number of hydrogen-bond acceptors (Lipinski definition) is 3. The number of aliphatic carboxylic acids is 1. The monoisotopic (exact) mass is 230 g/mol. The summed E-state index contributed by atoms with van der Waals surface area (Å²) in [7, 11) is 0. The molecule has 0 aliphatic heterocycles. The summed E-state index contributed by atoms with van der Waals surface area (Å²) in [6, 6.07) is 0. The van der Waals surface area contributed by atoms with E-state index in [0.717, 1.165) is 0 Å². The molecule has 0 aromatic heterocycles. The Morgan fingerprint density at radius 1 is 1.38 bits per heavy atom. The molecule has 1 atom stereocenters. The van der Waals surface area contributed by atoms with Crippen molar-refractivity contribution in [1.29, 1.82) is 0 Å². The van der Waals surface area contributed by atoms with Gasteiger partial charge < -0.3 is 16.2 Å². The minimum absolute atomic E-state index is 0.0696. The highest BCUT2D eigenvalue weighted by atomic mass is 16.4. The number of carbonyl (C=O) groups excluding carboxylic acids is 1. The maximum absolute atomic E-state index is 11.6. The molecule has 0 saturated heterocycles. The van der Waals surface area contributed by atoms with Gasteiger partial charge in [-0.15, -0.1) is 0 Å². The van der Waals surface area contributed by atoms with Crippen molar-refractivity contribution < 1.29 is 14.7 Å². The number of nitrogens with one attached hydrogen (secondary N) is 1. The predicted octanol–water partition coefficient (Wildman–Crippen LogP) is 0.731.